The van der Waals surface area contributed by atoms with Gasteiger partial charge in [0, 0.05) is 18.0 Å². The summed E-state index contributed by atoms with van der Waals surface area (Å²) in [6.07, 6.45) is 3.80. The van der Waals surface area contributed by atoms with Gasteiger partial charge < -0.3 is 5.32 Å². The maximum atomic E-state index is 4.58. The Morgan fingerprint density at radius 3 is 2.89 bits per heavy atom. The summed E-state index contributed by atoms with van der Waals surface area (Å²) in [5.41, 5.74) is 1.11. The Kier molecular flexibility index (Phi) is 4.94. The van der Waals surface area contributed by atoms with E-state index in [1.807, 2.05) is 13.1 Å². The molecule has 0 aliphatic carbocycles. The maximum absolute atomic E-state index is 4.58. The molecule has 2 nitrogen and oxygen atoms in total. The van der Waals surface area contributed by atoms with Crippen molar-refractivity contribution in [1.82, 2.24) is 10.3 Å². The molecular weight excluding hydrogens is 232 g/mol. The fraction of sp³-hybridized carbons (Fsp3) is 0.353. The molecule has 0 radical (unpaired) electrons. The van der Waals surface area contributed by atoms with Crippen LogP contribution in [-0.4, -0.2) is 11.5 Å². The first kappa shape index (κ1) is 13.6. The van der Waals surface area contributed by atoms with Gasteiger partial charge in [0.1, 0.15) is 0 Å². The maximum Gasteiger partial charge on any atom is 0.0661 e. The Bertz CT molecular complexity index is 587. The Morgan fingerprint density at radius 2 is 2.11 bits per heavy atom. The van der Waals surface area contributed by atoms with Crippen molar-refractivity contribution in [2.75, 3.05) is 6.54 Å². The van der Waals surface area contributed by atoms with Gasteiger partial charge in [-0.2, -0.15) is 0 Å². The molecule has 1 atom stereocenters. The van der Waals surface area contributed by atoms with Gasteiger partial charge in [-0.25, -0.2) is 0 Å². The van der Waals surface area contributed by atoms with Crippen LogP contribution in [0.2, 0.25) is 0 Å². The summed E-state index contributed by atoms with van der Waals surface area (Å²) in [5, 5.41) is 6.00. The van der Waals surface area contributed by atoms with Crippen molar-refractivity contribution in [3.05, 3.63) is 42.2 Å². The van der Waals surface area contributed by atoms with E-state index in [1.54, 1.807) is 0 Å². The molecule has 0 amide bonds. The fourth-order valence-corrected chi connectivity index (χ4v) is 2.21. The minimum absolute atomic E-state index is 0.207. The smallest absolute Gasteiger partial charge is 0.0661 e. The summed E-state index contributed by atoms with van der Waals surface area (Å²) in [6.45, 7) is 5.04. The van der Waals surface area contributed by atoms with Crippen molar-refractivity contribution in [3.8, 4) is 11.8 Å². The van der Waals surface area contributed by atoms with Crippen LogP contribution in [0.1, 0.15) is 38.4 Å². The summed E-state index contributed by atoms with van der Waals surface area (Å²) in [7, 11) is 0. The molecule has 0 saturated carbocycles. The Hall–Kier alpha value is -1.85. The van der Waals surface area contributed by atoms with Crippen LogP contribution in [0.25, 0.3) is 10.8 Å². The van der Waals surface area contributed by atoms with Gasteiger partial charge in [-0.05, 0) is 31.3 Å². The third-order valence-corrected chi connectivity index (χ3v) is 3.16. The molecule has 0 bridgehead atoms. The van der Waals surface area contributed by atoms with Crippen LogP contribution in [0.4, 0.5) is 0 Å². The molecule has 2 heteroatoms. The summed E-state index contributed by atoms with van der Waals surface area (Å²) in [4.78, 5) is 4.58. The molecule has 1 N–H and O–H groups in total. The third kappa shape index (κ3) is 3.33. The minimum atomic E-state index is 0.207. The first-order valence-electron chi connectivity index (χ1n) is 6.83. The van der Waals surface area contributed by atoms with Crippen molar-refractivity contribution >= 4 is 10.8 Å². The number of pyridine rings is 1. The van der Waals surface area contributed by atoms with E-state index in [-0.39, 0.29) is 6.04 Å². The third-order valence-electron chi connectivity index (χ3n) is 3.16. The molecule has 2 aromatic rings. The lowest BCUT2D eigenvalue weighted by atomic mass is 10.0. The van der Waals surface area contributed by atoms with Crippen LogP contribution in [0.5, 0.6) is 0 Å². The zero-order valence-electron chi connectivity index (χ0n) is 11.6. The van der Waals surface area contributed by atoms with Crippen molar-refractivity contribution in [1.29, 1.82) is 0 Å². The summed E-state index contributed by atoms with van der Waals surface area (Å²) < 4.78 is 0. The van der Waals surface area contributed by atoms with Crippen molar-refractivity contribution in [2.24, 2.45) is 0 Å². The van der Waals surface area contributed by atoms with Crippen LogP contribution in [0.15, 0.2) is 36.5 Å². The molecule has 0 aliphatic heterocycles. The Labute approximate surface area is 115 Å². The van der Waals surface area contributed by atoms with Crippen molar-refractivity contribution in [3.63, 3.8) is 0 Å². The molecule has 1 aromatic heterocycles. The molecule has 1 unspecified atom stereocenters. The zero-order chi connectivity index (χ0) is 13.5. The van der Waals surface area contributed by atoms with Crippen LogP contribution < -0.4 is 5.32 Å². The van der Waals surface area contributed by atoms with Gasteiger partial charge >= 0.3 is 0 Å². The second-order valence-corrected chi connectivity index (χ2v) is 4.55. The van der Waals surface area contributed by atoms with Crippen molar-refractivity contribution < 1.29 is 0 Å². The Balaban J connectivity index is 2.38. The predicted molar refractivity (Wildman–Crippen MR) is 80.8 cm³/mol. The molecule has 0 fully saturated rings. The van der Waals surface area contributed by atoms with E-state index in [2.05, 4.69) is 59.4 Å². The topological polar surface area (TPSA) is 24.9 Å². The number of nitrogens with zero attached hydrogens (tertiary/aromatic N) is 1. The summed E-state index contributed by atoms with van der Waals surface area (Å²) >= 11 is 0. The van der Waals surface area contributed by atoms with E-state index in [4.69, 9.17) is 0 Å². The number of fused-ring (bicyclic) bond motifs is 1. The molecule has 0 saturated heterocycles. The van der Waals surface area contributed by atoms with Crippen LogP contribution in [-0.2, 0) is 0 Å². The van der Waals surface area contributed by atoms with Crippen LogP contribution >= 0.6 is 0 Å². The monoisotopic (exact) mass is 252 g/mol. The van der Waals surface area contributed by atoms with Gasteiger partial charge in [0.25, 0.3) is 0 Å². The first-order valence-corrected chi connectivity index (χ1v) is 6.83. The number of nitrogens with one attached hydrogen (secondary N) is 1. The zero-order valence-corrected chi connectivity index (χ0v) is 11.6. The second-order valence-electron chi connectivity index (χ2n) is 4.55. The lowest BCUT2D eigenvalue weighted by Gasteiger charge is -2.17. The molecule has 1 heterocycles. The van der Waals surface area contributed by atoms with E-state index >= 15 is 0 Å². The molecular formula is C17H20N2. The average molecular weight is 252 g/mol. The van der Waals surface area contributed by atoms with Gasteiger partial charge in [-0.3, -0.25) is 4.98 Å². The largest absolute Gasteiger partial charge is 0.308 e. The van der Waals surface area contributed by atoms with E-state index in [0.29, 0.717) is 0 Å². The highest BCUT2D eigenvalue weighted by atomic mass is 14.9. The number of benzene rings is 1. The van der Waals surface area contributed by atoms with Gasteiger partial charge in [0.15, 0.2) is 0 Å². The molecule has 2 rings (SSSR count). The van der Waals surface area contributed by atoms with Gasteiger partial charge in [-0.1, -0.05) is 31.2 Å². The van der Waals surface area contributed by atoms with Gasteiger partial charge in [0.2, 0.25) is 0 Å². The molecule has 1 aromatic carbocycles. The first-order chi connectivity index (χ1) is 9.36. The molecule has 0 aliphatic rings. The van der Waals surface area contributed by atoms with Crippen molar-refractivity contribution in [2.45, 2.75) is 32.7 Å². The standard InChI is InChI=1S/C17H20N2/c1-3-5-10-16(18-12-4-2)17-15-9-7-6-8-14(15)11-13-19-17/h6-9,11,13,16,18H,4,10,12H2,1-2H3. The molecule has 0 spiro atoms. The number of aromatic nitrogens is 1. The van der Waals surface area contributed by atoms with Gasteiger partial charge in [-0.15, -0.1) is 11.8 Å². The van der Waals surface area contributed by atoms with E-state index < -0.39 is 0 Å². The lowest BCUT2D eigenvalue weighted by Crippen LogP contribution is -2.23. The van der Waals surface area contributed by atoms with Gasteiger partial charge in [0.05, 0.1) is 11.7 Å². The highest BCUT2D eigenvalue weighted by Gasteiger charge is 2.13. The number of hydrogen-bond acceptors (Lipinski definition) is 2. The molecule has 98 valence electrons. The average Bonchev–Trinajstić information content (AvgIpc) is 2.47. The number of hydrogen-bond donors (Lipinski definition) is 1. The highest BCUT2D eigenvalue weighted by Crippen LogP contribution is 2.23. The summed E-state index contributed by atoms with van der Waals surface area (Å²) in [6, 6.07) is 10.7. The summed E-state index contributed by atoms with van der Waals surface area (Å²) in [5.74, 6) is 6.14. The fourth-order valence-electron chi connectivity index (χ4n) is 2.21. The second kappa shape index (κ2) is 6.92. The number of rotatable bonds is 5. The minimum Gasteiger partial charge on any atom is -0.308 e. The van der Waals surface area contributed by atoms with Crippen LogP contribution in [0.3, 0.4) is 0 Å². The van der Waals surface area contributed by atoms with E-state index in [1.165, 1.54) is 10.8 Å². The van der Waals surface area contributed by atoms with E-state index in [0.717, 1.165) is 25.1 Å². The quantitative estimate of drug-likeness (QED) is 0.821. The molecule has 19 heavy (non-hydrogen) atoms. The Morgan fingerprint density at radius 1 is 1.26 bits per heavy atom. The van der Waals surface area contributed by atoms with Crippen LogP contribution in [0, 0.1) is 11.8 Å². The lowest BCUT2D eigenvalue weighted by molar-refractivity contribution is 0.534. The van der Waals surface area contributed by atoms with E-state index in [9.17, 15) is 0 Å². The highest BCUT2D eigenvalue weighted by molar-refractivity contribution is 5.84. The SMILES string of the molecule is CC#CCC(NCCC)c1nccc2ccccc12. The predicted octanol–water partition coefficient (Wildman–Crippen LogP) is 3.69. The normalized spacial score (nSPS) is 11.9.